The Labute approximate surface area is 185 Å². The van der Waals surface area contributed by atoms with Crippen molar-refractivity contribution >= 4 is 51.4 Å². The molecule has 12 heteroatoms. The number of hydrogen-bond donors (Lipinski definition) is 2. The molecule has 0 aliphatic carbocycles. The molecule has 160 valence electrons. The molecular formula is C19H17N5O5S2. The topological polar surface area (TPSA) is 136 Å². The maximum absolute atomic E-state index is 12.3. The van der Waals surface area contributed by atoms with Crippen molar-refractivity contribution in [2.24, 2.45) is 0 Å². The number of hydrogen-bond acceptors (Lipinski definition) is 9. The number of benzene rings is 2. The molecule has 0 spiro atoms. The van der Waals surface area contributed by atoms with Gasteiger partial charge in [-0.05, 0) is 37.3 Å². The highest BCUT2D eigenvalue weighted by Crippen LogP contribution is 2.27. The lowest BCUT2D eigenvalue weighted by Gasteiger charge is -2.05. The van der Waals surface area contributed by atoms with Crippen molar-refractivity contribution < 1.29 is 19.2 Å². The summed E-state index contributed by atoms with van der Waals surface area (Å²) in [4.78, 5) is 34.9. The van der Waals surface area contributed by atoms with Gasteiger partial charge < -0.3 is 10.1 Å². The number of amides is 2. The van der Waals surface area contributed by atoms with E-state index in [1.165, 1.54) is 30.0 Å². The maximum atomic E-state index is 12.3. The van der Waals surface area contributed by atoms with Gasteiger partial charge in [-0.25, -0.2) is 0 Å². The van der Waals surface area contributed by atoms with Crippen molar-refractivity contribution in [1.29, 1.82) is 0 Å². The first kappa shape index (κ1) is 22.2. The number of aryl methyl sites for hydroxylation is 1. The second kappa shape index (κ2) is 10.00. The minimum Gasteiger partial charge on any atom is -0.497 e. The van der Waals surface area contributed by atoms with Crippen LogP contribution in [0.15, 0.2) is 46.8 Å². The molecule has 0 saturated carbocycles. The van der Waals surface area contributed by atoms with E-state index in [4.69, 9.17) is 4.74 Å². The molecule has 0 fully saturated rings. The molecule has 3 rings (SSSR count). The van der Waals surface area contributed by atoms with E-state index in [2.05, 4.69) is 20.8 Å². The van der Waals surface area contributed by atoms with Crippen molar-refractivity contribution in [3.8, 4) is 5.75 Å². The van der Waals surface area contributed by atoms with Gasteiger partial charge in [0, 0.05) is 22.9 Å². The number of nitro groups is 1. The summed E-state index contributed by atoms with van der Waals surface area (Å²) >= 11 is 2.28. The Balaban J connectivity index is 1.54. The smallest absolute Gasteiger partial charge is 0.273 e. The zero-order valence-corrected chi connectivity index (χ0v) is 18.1. The molecule has 0 bridgehead atoms. The number of aromatic nitrogens is 2. The van der Waals surface area contributed by atoms with E-state index in [1.807, 2.05) is 0 Å². The van der Waals surface area contributed by atoms with Gasteiger partial charge in [-0.15, -0.1) is 10.2 Å². The fourth-order valence-electron chi connectivity index (χ4n) is 2.43. The maximum Gasteiger partial charge on any atom is 0.273 e. The fraction of sp³-hybridized carbons (Fsp3) is 0.158. The SMILES string of the molecule is COc1ccc(NC(=O)CSc2nnc(NC(=O)c3ccc(C)c([N+](=O)[O-])c3)s2)cc1. The highest BCUT2D eigenvalue weighted by Gasteiger charge is 2.17. The third-order valence-electron chi connectivity index (χ3n) is 4.00. The average molecular weight is 460 g/mol. The first-order valence-electron chi connectivity index (χ1n) is 8.82. The average Bonchev–Trinajstić information content (AvgIpc) is 3.20. The van der Waals surface area contributed by atoms with Gasteiger partial charge in [0.15, 0.2) is 4.34 Å². The predicted molar refractivity (Wildman–Crippen MR) is 118 cm³/mol. The molecule has 0 radical (unpaired) electrons. The van der Waals surface area contributed by atoms with Crippen LogP contribution in [0.3, 0.4) is 0 Å². The number of nitro benzene ring substituents is 1. The Morgan fingerprint density at radius 1 is 1.16 bits per heavy atom. The zero-order chi connectivity index (χ0) is 22.4. The van der Waals surface area contributed by atoms with E-state index in [-0.39, 0.29) is 28.0 Å². The van der Waals surface area contributed by atoms with Crippen LogP contribution in [0.4, 0.5) is 16.5 Å². The Kier molecular flexibility index (Phi) is 7.15. The summed E-state index contributed by atoms with van der Waals surface area (Å²) in [5.41, 5.74) is 1.11. The fourth-order valence-corrected chi connectivity index (χ4v) is 3.98. The molecule has 2 amide bonds. The predicted octanol–water partition coefficient (Wildman–Crippen LogP) is 3.75. The third kappa shape index (κ3) is 5.99. The Morgan fingerprint density at radius 3 is 2.58 bits per heavy atom. The molecule has 1 heterocycles. The number of carbonyl (C=O) groups is 2. The van der Waals surface area contributed by atoms with E-state index in [1.54, 1.807) is 38.3 Å². The summed E-state index contributed by atoms with van der Waals surface area (Å²) in [7, 11) is 1.56. The third-order valence-corrected chi connectivity index (χ3v) is 5.97. The number of methoxy groups -OCH3 is 1. The molecule has 0 aliphatic rings. The summed E-state index contributed by atoms with van der Waals surface area (Å²) < 4.78 is 5.56. The quantitative estimate of drug-likeness (QED) is 0.225. The summed E-state index contributed by atoms with van der Waals surface area (Å²) in [5, 5.41) is 24.4. The summed E-state index contributed by atoms with van der Waals surface area (Å²) in [6.07, 6.45) is 0. The Bertz CT molecular complexity index is 1120. The summed E-state index contributed by atoms with van der Waals surface area (Å²) in [6, 6.07) is 11.2. The molecule has 0 aliphatic heterocycles. The van der Waals surface area contributed by atoms with E-state index in [0.29, 0.717) is 21.3 Å². The molecule has 2 aromatic carbocycles. The van der Waals surface area contributed by atoms with Crippen molar-refractivity contribution in [3.05, 3.63) is 63.7 Å². The van der Waals surface area contributed by atoms with Gasteiger partial charge in [-0.1, -0.05) is 29.2 Å². The second-order valence-electron chi connectivity index (χ2n) is 6.15. The number of nitrogens with one attached hydrogen (secondary N) is 2. The lowest BCUT2D eigenvalue weighted by Crippen LogP contribution is -2.13. The van der Waals surface area contributed by atoms with E-state index >= 15 is 0 Å². The van der Waals surface area contributed by atoms with Gasteiger partial charge >= 0.3 is 0 Å². The summed E-state index contributed by atoms with van der Waals surface area (Å²) in [6.45, 7) is 1.60. The van der Waals surface area contributed by atoms with Crippen LogP contribution in [0.5, 0.6) is 5.75 Å². The van der Waals surface area contributed by atoms with E-state index in [0.717, 1.165) is 11.3 Å². The lowest BCUT2D eigenvalue weighted by molar-refractivity contribution is -0.385. The Morgan fingerprint density at radius 2 is 1.90 bits per heavy atom. The monoisotopic (exact) mass is 459 g/mol. The minimum absolute atomic E-state index is 0.110. The van der Waals surface area contributed by atoms with Crippen LogP contribution in [0.25, 0.3) is 0 Å². The molecule has 2 N–H and O–H groups in total. The number of rotatable bonds is 8. The number of ether oxygens (including phenoxy) is 1. The van der Waals surface area contributed by atoms with Crippen molar-refractivity contribution in [3.63, 3.8) is 0 Å². The largest absolute Gasteiger partial charge is 0.497 e. The van der Waals surface area contributed by atoms with Gasteiger partial charge in [0.2, 0.25) is 11.0 Å². The highest BCUT2D eigenvalue weighted by atomic mass is 32.2. The van der Waals surface area contributed by atoms with Gasteiger partial charge in [0.05, 0.1) is 17.8 Å². The zero-order valence-electron chi connectivity index (χ0n) is 16.4. The molecule has 10 nitrogen and oxygen atoms in total. The van der Waals surface area contributed by atoms with Crippen LogP contribution in [0, 0.1) is 17.0 Å². The van der Waals surface area contributed by atoms with Gasteiger partial charge in [0.1, 0.15) is 5.75 Å². The lowest BCUT2D eigenvalue weighted by atomic mass is 10.1. The minimum atomic E-state index is -0.539. The normalized spacial score (nSPS) is 10.4. The number of thioether (sulfide) groups is 1. The first-order valence-corrected chi connectivity index (χ1v) is 10.6. The molecule has 0 atom stereocenters. The molecule has 3 aromatic rings. The van der Waals surface area contributed by atoms with Crippen LogP contribution in [-0.2, 0) is 4.79 Å². The number of nitrogens with zero attached hydrogens (tertiary/aromatic N) is 3. The van der Waals surface area contributed by atoms with Crippen LogP contribution < -0.4 is 15.4 Å². The van der Waals surface area contributed by atoms with E-state index in [9.17, 15) is 19.7 Å². The van der Waals surface area contributed by atoms with Gasteiger partial charge in [-0.3, -0.25) is 25.0 Å². The van der Waals surface area contributed by atoms with Crippen LogP contribution in [0.1, 0.15) is 15.9 Å². The van der Waals surface area contributed by atoms with Crippen molar-refractivity contribution in [2.75, 3.05) is 23.5 Å². The van der Waals surface area contributed by atoms with Crippen LogP contribution >= 0.6 is 23.1 Å². The Hall–Kier alpha value is -3.51. The van der Waals surface area contributed by atoms with Gasteiger partial charge in [0.25, 0.3) is 11.6 Å². The van der Waals surface area contributed by atoms with Crippen LogP contribution in [-0.4, -0.2) is 39.8 Å². The van der Waals surface area contributed by atoms with Crippen molar-refractivity contribution in [1.82, 2.24) is 10.2 Å². The standard InChI is InChI=1S/C19H17N5O5S2/c1-11-3-4-12(9-15(11)24(27)28)17(26)21-18-22-23-19(31-18)30-10-16(25)20-13-5-7-14(29-2)8-6-13/h3-9H,10H2,1-2H3,(H,20,25)(H,21,22,26). The molecule has 31 heavy (non-hydrogen) atoms. The van der Waals surface area contributed by atoms with Crippen molar-refractivity contribution in [2.45, 2.75) is 11.3 Å². The second-order valence-corrected chi connectivity index (χ2v) is 8.35. The number of carbonyl (C=O) groups excluding carboxylic acids is 2. The summed E-state index contributed by atoms with van der Waals surface area (Å²) in [5.74, 6) is 0.0469. The van der Waals surface area contributed by atoms with Crippen LogP contribution in [0.2, 0.25) is 0 Å². The molecule has 0 saturated heterocycles. The van der Waals surface area contributed by atoms with Gasteiger partial charge in [-0.2, -0.15) is 0 Å². The molecular weight excluding hydrogens is 442 g/mol. The first-order chi connectivity index (χ1) is 14.9. The number of anilines is 2. The van der Waals surface area contributed by atoms with E-state index < -0.39 is 10.8 Å². The molecule has 0 unspecified atom stereocenters. The highest BCUT2D eigenvalue weighted by molar-refractivity contribution is 8.01. The molecule has 1 aromatic heterocycles.